The zero-order valence-electron chi connectivity index (χ0n) is 13.2. The molecule has 0 saturated carbocycles. The third-order valence-electron chi connectivity index (χ3n) is 3.50. The Hall–Kier alpha value is -3.15. The number of nitrogens with one attached hydrogen (secondary N) is 2. The lowest BCUT2D eigenvalue weighted by Crippen LogP contribution is -2.28. The van der Waals surface area contributed by atoms with Gasteiger partial charge in [0.05, 0.1) is 5.69 Å². The number of aromatic nitrogens is 2. The van der Waals surface area contributed by atoms with Crippen LogP contribution in [0.3, 0.4) is 0 Å². The number of halogens is 1. The standard InChI is InChI=1S/C18H17FN4O/c1-13-11-17(22-23(13)16-5-3-2-4-6-16)21-18(24)20-12-14-7-9-15(19)10-8-14/h2-11H,12H2,1H3,(H2,20,21,22,24). The van der Waals surface area contributed by atoms with Gasteiger partial charge >= 0.3 is 6.03 Å². The van der Waals surface area contributed by atoms with Crippen molar-refractivity contribution in [2.75, 3.05) is 5.32 Å². The lowest BCUT2D eigenvalue weighted by Gasteiger charge is -2.06. The molecule has 1 heterocycles. The molecule has 2 amide bonds. The van der Waals surface area contributed by atoms with E-state index in [1.807, 2.05) is 37.3 Å². The van der Waals surface area contributed by atoms with Crippen LogP contribution in [0.2, 0.25) is 0 Å². The smallest absolute Gasteiger partial charge is 0.320 e. The molecule has 0 bridgehead atoms. The Morgan fingerprint density at radius 3 is 2.54 bits per heavy atom. The molecule has 3 aromatic rings. The third kappa shape index (κ3) is 3.78. The van der Waals surface area contributed by atoms with Crippen molar-refractivity contribution in [3.63, 3.8) is 0 Å². The predicted octanol–water partition coefficient (Wildman–Crippen LogP) is 3.64. The lowest BCUT2D eigenvalue weighted by molar-refractivity contribution is 0.251. The van der Waals surface area contributed by atoms with Crippen molar-refractivity contribution in [2.45, 2.75) is 13.5 Å². The average Bonchev–Trinajstić information content (AvgIpc) is 2.95. The molecule has 2 aromatic carbocycles. The summed E-state index contributed by atoms with van der Waals surface area (Å²) in [6.07, 6.45) is 0. The Bertz CT molecular complexity index is 828. The Labute approximate surface area is 139 Å². The number of nitrogens with zero attached hydrogens (tertiary/aromatic N) is 2. The second-order valence-electron chi connectivity index (χ2n) is 5.35. The fourth-order valence-electron chi connectivity index (χ4n) is 2.31. The monoisotopic (exact) mass is 324 g/mol. The molecule has 1 aromatic heterocycles. The predicted molar refractivity (Wildman–Crippen MR) is 90.6 cm³/mol. The molecule has 0 unspecified atom stereocenters. The molecule has 3 rings (SSSR count). The van der Waals surface area contributed by atoms with Crippen LogP contribution in [0, 0.1) is 12.7 Å². The Morgan fingerprint density at radius 1 is 1.12 bits per heavy atom. The number of aryl methyl sites for hydroxylation is 1. The normalized spacial score (nSPS) is 10.4. The number of carbonyl (C=O) groups is 1. The van der Waals surface area contributed by atoms with Crippen LogP contribution in [0.4, 0.5) is 15.0 Å². The number of hydrogen-bond acceptors (Lipinski definition) is 2. The number of rotatable bonds is 4. The average molecular weight is 324 g/mol. The summed E-state index contributed by atoms with van der Waals surface area (Å²) in [7, 11) is 0. The van der Waals surface area contributed by atoms with Crippen LogP contribution in [0.5, 0.6) is 0 Å². The number of benzene rings is 2. The van der Waals surface area contributed by atoms with Crippen molar-refractivity contribution in [1.29, 1.82) is 0 Å². The van der Waals surface area contributed by atoms with Crippen LogP contribution in [0.1, 0.15) is 11.3 Å². The minimum Gasteiger partial charge on any atom is -0.334 e. The van der Waals surface area contributed by atoms with Crippen molar-refractivity contribution in [2.24, 2.45) is 0 Å². The van der Waals surface area contributed by atoms with Gasteiger partial charge in [-0.3, -0.25) is 5.32 Å². The highest BCUT2D eigenvalue weighted by molar-refractivity contribution is 5.88. The number of para-hydroxylation sites is 1. The summed E-state index contributed by atoms with van der Waals surface area (Å²) in [5.74, 6) is 0.165. The van der Waals surface area contributed by atoms with Gasteiger partial charge in [-0.1, -0.05) is 30.3 Å². The van der Waals surface area contributed by atoms with E-state index in [0.29, 0.717) is 12.4 Å². The molecule has 0 aliphatic heterocycles. The highest BCUT2D eigenvalue weighted by Gasteiger charge is 2.09. The molecular weight excluding hydrogens is 307 g/mol. The van der Waals surface area contributed by atoms with Gasteiger partial charge in [0.15, 0.2) is 5.82 Å². The van der Waals surface area contributed by atoms with E-state index in [2.05, 4.69) is 15.7 Å². The van der Waals surface area contributed by atoms with Gasteiger partial charge < -0.3 is 5.32 Å². The van der Waals surface area contributed by atoms with Crippen LogP contribution in [-0.2, 0) is 6.54 Å². The van der Waals surface area contributed by atoms with Crippen LogP contribution >= 0.6 is 0 Å². The van der Waals surface area contributed by atoms with Crippen molar-refractivity contribution in [3.05, 3.63) is 77.7 Å². The summed E-state index contributed by atoms with van der Waals surface area (Å²) >= 11 is 0. The maximum absolute atomic E-state index is 12.8. The van der Waals surface area contributed by atoms with Crippen molar-refractivity contribution >= 4 is 11.8 Å². The molecule has 0 spiro atoms. The van der Waals surface area contributed by atoms with Crippen LogP contribution in [0.15, 0.2) is 60.7 Å². The van der Waals surface area contributed by atoms with Gasteiger partial charge in [0.1, 0.15) is 5.82 Å². The van der Waals surface area contributed by atoms with E-state index >= 15 is 0 Å². The topological polar surface area (TPSA) is 59.0 Å². The van der Waals surface area contributed by atoms with Gasteiger partial charge in [0, 0.05) is 18.3 Å². The first-order valence-electron chi connectivity index (χ1n) is 7.53. The number of anilines is 1. The maximum atomic E-state index is 12.8. The van der Waals surface area contributed by atoms with E-state index < -0.39 is 0 Å². The fraction of sp³-hybridized carbons (Fsp3) is 0.111. The minimum atomic E-state index is -0.364. The molecule has 0 aliphatic rings. The van der Waals surface area contributed by atoms with Crippen molar-refractivity contribution < 1.29 is 9.18 Å². The fourth-order valence-corrected chi connectivity index (χ4v) is 2.31. The molecule has 122 valence electrons. The second-order valence-corrected chi connectivity index (χ2v) is 5.35. The summed E-state index contributed by atoms with van der Waals surface area (Å²) in [5.41, 5.74) is 2.65. The van der Waals surface area contributed by atoms with Crippen LogP contribution in [-0.4, -0.2) is 15.8 Å². The molecule has 0 saturated heterocycles. The highest BCUT2D eigenvalue weighted by Crippen LogP contribution is 2.14. The summed E-state index contributed by atoms with van der Waals surface area (Å²) in [6, 6.07) is 17.1. The molecule has 2 N–H and O–H groups in total. The number of hydrogen-bond donors (Lipinski definition) is 2. The third-order valence-corrected chi connectivity index (χ3v) is 3.50. The first-order chi connectivity index (χ1) is 11.6. The molecular formula is C18H17FN4O. The van der Waals surface area contributed by atoms with Gasteiger partial charge in [0.25, 0.3) is 0 Å². The molecule has 24 heavy (non-hydrogen) atoms. The second kappa shape index (κ2) is 6.95. The summed E-state index contributed by atoms with van der Waals surface area (Å²) in [4.78, 5) is 12.0. The van der Waals surface area contributed by atoms with Crippen LogP contribution in [0.25, 0.3) is 5.69 Å². The minimum absolute atomic E-state index is 0.301. The molecule has 0 atom stereocenters. The SMILES string of the molecule is Cc1cc(NC(=O)NCc2ccc(F)cc2)nn1-c1ccccc1. The summed E-state index contributed by atoms with van der Waals surface area (Å²) in [5, 5.41) is 9.79. The van der Waals surface area contributed by atoms with Crippen molar-refractivity contribution in [1.82, 2.24) is 15.1 Å². The molecule has 0 aliphatic carbocycles. The Kier molecular flexibility index (Phi) is 4.56. The quantitative estimate of drug-likeness (QED) is 0.770. The molecule has 6 heteroatoms. The van der Waals surface area contributed by atoms with E-state index in [9.17, 15) is 9.18 Å². The van der Waals surface area contributed by atoms with Crippen LogP contribution < -0.4 is 10.6 Å². The summed E-state index contributed by atoms with van der Waals surface area (Å²) in [6.45, 7) is 2.23. The Morgan fingerprint density at radius 2 is 1.83 bits per heavy atom. The van der Waals surface area contributed by atoms with E-state index in [1.165, 1.54) is 12.1 Å². The molecule has 0 radical (unpaired) electrons. The first kappa shape index (κ1) is 15.7. The van der Waals surface area contributed by atoms with Crippen molar-refractivity contribution in [3.8, 4) is 5.69 Å². The highest BCUT2D eigenvalue weighted by atomic mass is 19.1. The number of urea groups is 1. The first-order valence-corrected chi connectivity index (χ1v) is 7.53. The van der Waals surface area contributed by atoms with Gasteiger partial charge in [-0.25, -0.2) is 13.9 Å². The molecule has 0 fully saturated rings. The number of amides is 2. The zero-order chi connectivity index (χ0) is 16.9. The zero-order valence-corrected chi connectivity index (χ0v) is 13.2. The van der Waals surface area contributed by atoms with Gasteiger partial charge in [-0.2, -0.15) is 0 Å². The Balaban J connectivity index is 1.61. The van der Waals surface area contributed by atoms with E-state index in [1.54, 1.807) is 22.9 Å². The number of carbonyl (C=O) groups excluding carboxylic acids is 1. The van der Waals surface area contributed by atoms with Gasteiger partial charge in [0.2, 0.25) is 0 Å². The van der Waals surface area contributed by atoms with E-state index in [0.717, 1.165) is 16.9 Å². The van der Waals surface area contributed by atoms with Gasteiger partial charge in [-0.05, 0) is 36.8 Å². The largest absolute Gasteiger partial charge is 0.334 e. The van der Waals surface area contributed by atoms with Gasteiger partial charge in [-0.15, -0.1) is 5.10 Å². The van der Waals surface area contributed by atoms with E-state index in [-0.39, 0.29) is 11.8 Å². The van der Waals surface area contributed by atoms with E-state index in [4.69, 9.17) is 0 Å². The summed E-state index contributed by atoms with van der Waals surface area (Å²) < 4.78 is 14.6. The maximum Gasteiger partial charge on any atom is 0.320 e. The lowest BCUT2D eigenvalue weighted by atomic mass is 10.2. The molecule has 5 nitrogen and oxygen atoms in total.